The van der Waals surface area contributed by atoms with Gasteiger partial charge in [-0.05, 0) is 25.5 Å². The number of methoxy groups -OCH3 is 1. The molecular formula is C14H20F2N2O. The van der Waals surface area contributed by atoms with E-state index in [4.69, 9.17) is 10.5 Å². The summed E-state index contributed by atoms with van der Waals surface area (Å²) < 4.78 is 32.0. The van der Waals surface area contributed by atoms with Crippen LogP contribution in [0.4, 0.5) is 8.78 Å². The molecule has 0 aliphatic carbocycles. The van der Waals surface area contributed by atoms with Crippen LogP contribution in [0.3, 0.4) is 0 Å². The Morgan fingerprint density at radius 3 is 2.89 bits per heavy atom. The lowest BCUT2D eigenvalue weighted by Gasteiger charge is -2.40. The predicted molar refractivity (Wildman–Crippen MR) is 69.8 cm³/mol. The smallest absolute Gasteiger partial charge is 0.130 e. The molecule has 0 aromatic heterocycles. The maximum atomic E-state index is 14.0. The largest absolute Gasteiger partial charge is 0.383 e. The highest BCUT2D eigenvalue weighted by molar-refractivity contribution is 5.24. The fraction of sp³-hybridized carbons (Fsp3) is 0.571. The zero-order chi connectivity index (χ0) is 13.8. The van der Waals surface area contributed by atoms with E-state index in [1.807, 2.05) is 0 Å². The number of ether oxygens (including phenoxy) is 1. The second kappa shape index (κ2) is 6.41. The van der Waals surface area contributed by atoms with Crippen LogP contribution in [-0.2, 0) is 4.74 Å². The molecule has 1 aromatic rings. The van der Waals surface area contributed by atoms with Crippen LogP contribution in [0.5, 0.6) is 0 Å². The summed E-state index contributed by atoms with van der Waals surface area (Å²) >= 11 is 0. The van der Waals surface area contributed by atoms with E-state index < -0.39 is 11.6 Å². The Hall–Kier alpha value is -1.04. The number of benzene rings is 1. The second-order valence-electron chi connectivity index (χ2n) is 4.95. The molecule has 1 aliphatic rings. The van der Waals surface area contributed by atoms with E-state index >= 15 is 0 Å². The van der Waals surface area contributed by atoms with Crippen molar-refractivity contribution in [1.29, 1.82) is 0 Å². The van der Waals surface area contributed by atoms with Gasteiger partial charge in [-0.25, -0.2) is 8.78 Å². The Balaban J connectivity index is 2.25. The summed E-state index contributed by atoms with van der Waals surface area (Å²) in [6.07, 6.45) is 1.84. The lowest BCUT2D eigenvalue weighted by atomic mass is 9.90. The van der Waals surface area contributed by atoms with Crippen LogP contribution in [0.25, 0.3) is 0 Å². The van der Waals surface area contributed by atoms with Crippen molar-refractivity contribution < 1.29 is 13.5 Å². The first kappa shape index (κ1) is 14.4. The fourth-order valence-electron chi connectivity index (χ4n) is 2.73. The topological polar surface area (TPSA) is 38.5 Å². The van der Waals surface area contributed by atoms with E-state index in [0.29, 0.717) is 18.7 Å². The SMILES string of the molecule is COCCN1CCCC(N)C1c1ccc(F)cc1F. The number of halogens is 2. The quantitative estimate of drug-likeness (QED) is 0.910. The van der Waals surface area contributed by atoms with Crippen molar-refractivity contribution in [3.8, 4) is 0 Å². The highest BCUT2D eigenvalue weighted by Gasteiger charge is 2.31. The summed E-state index contributed by atoms with van der Waals surface area (Å²) in [5.74, 6) is -1.08. The molecule has 1 heterocycles. The van der Waals surface area contributed by atoms with E-state index in [1.165, 1.54) is 12.1 Å². The van der Waals surface area contributed by atoms with E-state index in [-0.39, 0.29) is 12.1 Å². The van der Waals surface area contributed by atoms with Crippen LogP contribution >= 0.6 is 0 Å². The van der Waals surface area contributed by atoms with Gasteiger partial charge in [-0.2, -0.15) is 0 Å². The third kappa shape index (κ3) is 3.29. The van der Waals surface area contributed by atoms with E-state index in [2.05, 4.69) is 4.90 Å². The number of hydrogen-bond acceptors (Lipinski definition) is 3. The third-order valence-electron chi connectivity index (χ3n) is 3.65. The number of rotatable bonds is 4. The molecular weight excluding hydrogens is 250 g/mol. The molecule has 2 atom stereocenters. The van der Waals surface area contributed by atoms with Crippen LogP contribution in [0, 0.1) is 11.6 Å². The van der Waals surface area contributed by atoms with E-state index in [1.54, 1.807) is 7.11 Å². The Labute approximate surface area is 112 Å². The molecule has 106 valence electrons. The maximum Gasteiger partial charge on any atom is 0.130 e. The number of nitrogens with two attached hydrogens (primary N) is 1. The van der Waals surface area contributed by atoms with Crippen LogP contribution in [0.15, 0.2) is 18.2 Å². The standard InChI is InChI=1S/C14H20F2N2O/c1-19-8-7-18-6-2-3-13(17)14(18)11-5-4-10(15)9-12(11)16/h4-5,9,13-14H,2-3,6-8,17H2,1H3. The highest BCUT2D eigenvalue weighted by atomic mass is 19.1. The minimum atomic E-state index is -0.561. The van der Waals surface area contributed by atoms with Gasteiger partial charge in [-0.3, -0.25) is 4.90 Å². The Morgan fingerprint density at radius 1 is 1.42 bits per heavy atom. The Morgan fingerprint density at radius 2 is 2.21 bits per heavy atom. The molecule has 2 unspecified atom stereocenters. The molecule has 19 heavy (non-hydrogen) atoms. The zero-order valence-corrected chi connectivity index (χ0v) is 11.1. The average Bonchev–Trinajstić information content (AvgIpc) is 2.37. The summed E-state index contributed by atoms with van der Waals surface area (Å²) in [7, 11) is 1.64. The normalized spacial score (nSPS) is 24.6. The van der Waals surface area contributed by atoms with Gasteiger partial charge < -0.3 is 10.5 Å². The molecule has 0 radical (unpaired) electrons. The lowest BCUT2D eigenvalue weighted by molar-refractivity contribution is 0.0830. The summed E-state index contributed by atoms with van der Waals surface area (Å²) in [5, 5.41) is 0. The molecule has 0 bridgehead atoms. The monoisotopic (exact) mass is 270 g/mol. The first-order valence-electron chi connectivity index (χ1n) is 6.57. The van der Waals surface area contributed by atoms with Crippen molar-refractivity contribution in [3.63, 3.8) is 0 Å². The Kier molecular flexibility index (Phi) is 4.85. The van der Waals surface area contributed by atoms with Crippen molar-refractivity contribution in [3.05, 3.63) is 35.4 Å². The van der Waals surface area contributed by atoms with Crippen LogP contribution in [0.2, 0.25) is 0 Å². The van der Waals surface area contributed by atoms with Crippen LogP contribution < -0.4 is 5.73 Å². The molecule has 0 spiro atoms. The first-order valence-corrected chi connectivity index (χ1v) is 6.57. The molecule has 0 saturated carbocycles. The molecule has 0 amide bonds. The predicted octanol–water partition coefficient (Wildman–Crippen LogP) is 2.08. The number of likely N-dealkylation sites (tertiary alicyclic amines) is 1. The molecule has 3 nitrogen and oxygen atoms in total. The molecule has 2 N–H and O–H groups in total. The van der Waals surface area contributed by atoms with Gasteiger partial charge in [0.2, 0.25) is 0 Å². The van der Waals surface area contributed by atoms with Crippen molar-refractivity contribution in [2.75, 3.05) is 26.8 Å². The molecule has 1 aliphatic heterocycles. The minimum absolute atomic E-state index is 0.134. The molecule has 1 saturated heterocycles. The maximum absolute atomic E-state index is 14.0. The van der Waals surface area contributed by atoms with Crippen molar-refractivity contribution in [2.24, 2.45) is 5.73 Å². The van der Waals surface area contributed by atoms with E-state index in [9.17, 15) is 8.78 Å². The lowest BCUT2D eigenvalue weighted by Crippen LogP contribution is -2.47. The van der Waals surface area contributed by atoms with Crippen molar-refractivity contribution >= 4 is 0 Å². The summed E-state index contributed by atoms with van der Waals surface area (Å²) in [6, 6.07) is 3.37. The van der Waals surface area contributed by atoms with Crippen molar-refractivity contribution in [1.82, 2.24) is 4.90 Å². The number of hydrogen-bond donors (Lipinski definition) is 1. The molecule has 5 heteroatoms. The highest BCUT2D eigenvalue weighted by Crippen LogP contribution is 2.31. The Bertz CT molecular complexity index is 428. The van der Waals surface area contributed by atoms with Gasteiger partial charge in [0, 0.05) is 31.3 Å². The van der Waals surface area contributed by atoms with Gasteiger partial charge in [0.15, 0.2) is 0 Å². The summed E-state index contributed by atoms with van der Waals surface area (Å²) in [6.45, 7) is 2.14. The van der Waals surface area contributed by atoms with Crippen LogP contribution in [0.1, 0.15) is 24.4 Å². The van der Waals surface area contributed by atoms with Gasteiger partial charge in [-0.1, -0.05) is 6.07 Å². The fourth-order valence-corrected chi connectivity index (χ4v) is 2.73. The minimum Gasteiger partial charge on any atom is -0.383 e. The third-order valence-corrected chi connectivity index (χ3v) is 3.65. The second-order valence-corrected chi connectivity index (χ2v) is 4.95. The average molecular weight is 270 g/mol. The summed E-state index contributed by atoms with van der Waals surface area (Å²) in [4.78, 5) is 2.12. The van der Waals surface area contributed by atoms with Crippen molar-refractivity contribution in [2.45, 2.75) is 24.9 Å². The number of nitrogens with zero attached hydrogens (tertiary/aromatic N) is 1. The van der Waals surface area contributed by atoms with Gasteiger partial charge in [0.05, 0.1) is 12.6 Å². The zero-order valence-electron chi connectivity index (χ0n) is 11.1. The van der Waals surface area contributed by atoms with Gasteiger partial charge in [0.1, 0.15) is 11.6 Å². The summed E-state index contributed by atoms with van der Waals surface area (Å²) in [5.41, 5.74) is 6.61. The van der Waals surface area contributed by atoms with E-state index in [0.717, 1.165) is 25.5 Å². The van der Waals surface area contributed by atoms with Gasteiger partial charge in [-0.15, -0.1) is 0 Å². The first-order chi connectivity index (χ1) is 9.13. The van der Waals surface area contributed by atoms with Gasteiger partial charge in [0.25, 0.3) is 0 Å². The molecule has 1 aromatic carbocycles. The number of piperidine rings is 1. The molecule has 1 fully saturated rings. The molecule has 2 rings (SSSR count). The van der Waals surface area contributed by atoms with Crippen LogP contribution in [-0.4, -0.2) is 37.7 Å². The van der Waals surface area contributed by atoms with Gasteiger partial charge >= 0.3 is 0 Å².